The van der Waals surface area contributed by atoms with Gasteiger partial charge in [-0.2, -0.15) is 0 Å². The van der Waals surface area contributed by atoms with Crippen LogP contribution in [0.4, 0.5) is 10.5 Å². The Labute approximate surface area is 124 Å². The zero-order chi connectivity index (χ0) is 16.0. The van der Waals surface area contributed by atoms with Crippen molar-refractivity contribution in [3.05, 3.63) is 23.8 Å². The zero-order valence-corrected chi connectivity index (χ0v) is 13.0. The lowest BCUT2D eigenvalue weighted by atomic mass is 10.2. The maximum atomic E-state index is 11.8. The van der Waals surface area contributed by atoms with Crippen molar-refractivity contribution in [1.29, 1.82) is 0 Å². The summed E-state index contributed by atoms with van der Waals surface area (Å²) in [4.78, 5) is 23.3. The van der Waals surface area contributed by atoms with Gasteiger partial charge in [-0.3, -0.25) is 5.32 Å². The summed E-state index contributed by atoms with van der Waals surface area (Å²) in [7, 11) is 1.30. The molecule has 0 aliphatic carbocycles. The number of anilines is 1. The van der Waals surface area contributed by atoms with Gasteiger partial charge in [-0.05, 0) is 45.9 Å². The van der Waals surface area contributed by atoms with Gasteiger partial charge in [0.1, 0.15) is 11.4 Å². The van der Waals surface area contributed by atoms with E-state index in [9.17, 15) is 9.59 Å². The number of carbonyl (C=O) groups excluding carboxylic acids is 2. The van der Waals surface area contributed by atoms with Gasteiger partial charge in [0, 0.05) is 0 Å². The molecule has 6 heteroatoms. The van der Waals surface area contributed by atoms with Crippen LogP contribution >= 0.6 is 0 Å². The summed E-state index contributed by atoms with van der Waals surface area (Å²) in [5, 5.41) is 2.60. The maximum Gasteiger partial charge on any atom is 0.412 e. The molecule has 1 rings (SSSR count). The Bertz CT molecular complexity index is 519. The monoisotopic (exact) mass is 295 g/mol. The molecule has 0 heterocycles. The van der Waals surface area contributed by atoms with Crippen LogP contribution in [-0.2, 0) is 9.47 Å². The third kappa shape index (κ3) is 5.33. The molecule has 1 N–H and O–H groups in total. The summed E-state index contributed by atoms with van der Waals surface area (Å²) in [6.45, 7) is 7.53. The smallest absolute Gasteiger partial charge is 0.412 e. The molecule has 0 unspecified atom stereocenters. The molecule has 0 saturated carbocycles. The van der Waals surface area contributed by atoms with Crippen LogP contribution in [0.15, 0.2) is 18.2 Å². The van der Waals surface area contributed by atoms with E-state index in [2.05, 4.69) is 10.1 Å². The summed E-state index contributed by atoms with van der Waals surface area (Å²) >= 11 is 0. The summed E-state index contributed by atoms with van der Waals surface area (Å²) in [6, 6.07) is 4.63. The quantitative estimate of drug-likeness (QED) is 0.863. The van der Waals surface area contributed by atoms with Crippen molar-refractivity contribution in [3.8, 4) is 5.75 Å². The van der Waals surface area contributed by atoms with Gasteiger partial charge in [0.05, 0.1) is 25.0 Å². The van der Waals surface area contributed by atoms with E-state index in [1.165, 1.54) is 13.2 Å². The molecule has 0 atom stereocenters. The van der Waals surface area contributed by atoms with Crippen molar-refractivity contribution in [2.24, 2.45) is 0 Å². The topological polar surface area (TPSA) is 73.9 Å². The van der Waals surface area contributed by atoms with E-state index in [-0.39, 0.29) is 0 Å². The molecule has 0 aliphatic rings. The first kappa shape index (κ1) is 16.8. The highest BCUT2D eigenvalue weighted by molar-refractivity contribution is 5.93. The number of ether oxygens (including phenoxy) is 3. The van der Waals surface area contributed by atoms with Crippen molar-refractivity contribution in [1.82, 2.24) is 0 Å². The summed E-state index contributed by atoms with van der Waals surface area (Å²) in [5.74, 6) is -0.0916. The van der Waals surface area contributed by atoms with Gasteiger partial charge in [-0.1, -0.05) is 0 Å². The molecule has 21 heavy (non-hydrogen) atoms. The molecule has 0 aromatic heterocycles. The second-order valence-electron chi connectivity index (χ2n) is 5.26. The summed E-state index contributed by atoms with van der Waals surface area (Å²) in [5.41, 5.74) is 0.177. The average molecular weight is 295 g/mol. The summed E-state index contributed by atoms with van der Waals surface area (Å²) < 4.78 is 15.3. The maximum absolute atomic E-state index is 11.8. The van der Waals surface area contributed by atoms with Crippen molar-refractivity contribution in [2.45, 2.75) is 33.3 Å². The van der Waals surface area contributed by atoms with Crippen LogP contribution < -0.4 is 10.1 Å². The Morgan fingerprint density at radius 1 is 1.24 bits per heavy atom. The third-order valence-electron chi connectivity index (χ3n) is 2.34. The molecular formula is C15H21NO5. The van der Waals surface area contributed by atoms with Crippen LogP contribution in [0.25, 0.3) is 0 Å². The lowest BCUT2D eigenvalue weighted by Crippen LogP contribution is -2.27. The molecule has 1 aromatic carbocycles. The van der Waals surface area contributed by atoms with Crippen LogP contribution in [0, 0.1) is 0 Å². The van der Waals surface area contributed by atoms with Crippen molar-refractivity contribution >= 4 is 17.7 Å². The van der Waals surface area contributed by atoms with Crippen LogP contribution in [0.2, 0.25) is 0 Å². The largest absolute Gasteiger partial charge is 0.492 e. The van der Waals surface area contributed by atoms with E-state index in [4.69, 9.17) is 9.47 Å². The number of hydrogen-bond acceptors (Lipinski definition) is 5. The summed E-state index contributed by atoms with van der Waals surface area (Å²) in [6.07, 6.45) is -0.589. The van der Waals surface area contributed by atoms with Crippen molar-refractivity contribution in [3.63, 3.8) is 0 Å². The van der Waals surface area contributed by atoms with E-state index in [0.717, 1.165) is 0 Å². The van der Waals surface area contributed by atoms with E-state index < -0.39 is 17.7 Å². The number of hydrogen-bond donors (Lipinski definition) is 1. The minimum atomic E-state index is -0.595. The molecule has 1 amide bonds. The number of benzene rings is 1. The Balaban J connectivity index is 2.96. The van der Waals surface area contributed by atoms with Gasteiger partial charge < -0.3 is 14.2 Å². The molecule has 0 saturated heterocycles. The molecular weight excluding hydrogens is 274 g/mol. The second kappa shape index (κ2) is 6.97. The standard InChI is InChI=1S/C15H21NO5/c1-6-20-12-9-10(13(17)19-5)7-8-11(12)16-14(18)21-15(2,3)4/h7-9H,6H2,1-5H3,(H,16,18). The number of carbonyl (C=O) groups is 2. The van der Waals surface area contributed by atoms with Gasteiger partial charge in [0.15, 0.2) is 0 Å². The number of methoxy groups -OCH3 is 1. The zero-order valence-electron chi connectivity index (χ0n) is 13.0. The normalized spacial score (nSPS) is 10.7. The SMILES string of the molecule is CCOc1cc(C(=O)OC)ccc1NC(=O)OC(C)(C)C. The molecule has 0 spiro atoms. The highest BCUT2D eigenvalue weighted by atomic mass is 16.6. The minimum Gasteiger partial charge on any atom is -0.492 e. The van der Waals surface area contributed by atoms with E-state index in [1.807, 2.05) is 6.92 Å². The Morgan fingerprint density at radius 2 is 1.90 bits per heavy atom. The lowest BCUT2D eigenvalue weighted by Gasteiger charge is -2.20. The van der Waals surface area contributed by atoms with E-state index in [1.54, 1.807) is 32.9 Å². The highest BCUT2D eigenvalue weighted by Crippen LogP contribution is 2.27. The van der Waals surface area contributed by atoms with Crippen LogP contribution in [0.3, 0.4) is 0 Å². The van der Waals surface area contributed by atoms with Gasteiger partial charge >= 0.3 is 12.1 Å². The Hall–Kier alpha value is -2.24. The van der Waals surface area contributed by atoms with Gasteiger partial charge in [-0.25, -0.2) is 9.59 Å². The van der Waals surface area contributed by atoms with Crippen molar-refractivity contribution in [2.75, 3.05) is 19.0 Å². The van der Waals surface area contributed by atoms with Crippen LogP contribution in [-0.4, -0.2) is 31.4 Å². The minimum absolute atomic E-state index is 0.343. The van der Waals surface area contributed by atoms with Crippen LogP contribution in [0.5, 0.6) is 5.75 Å². The Kier molecular flexibility index (Phi) is 5.58. The van der Waals surface area contributed by atoms with Gasteiger partial charge in [0.2, 0.25) is 0 Å². The number of nitrogens with one attached hydrogen (secondary N) is 1. The number of amides is 1. The average Bonchev–Trinajstić information content (AvgIpc) is 2.38. The van der Waals surface area contributed by atoms with Crippen LogP contribution in [0.1, 0.15) is 38.1 Å². The molecule has 1 aromatic rings. The highest BCUT2D eigenvalue weighted by Gasteiger charge is 2.18. The molecule has 6 nitrogen and oxygen atoms in total. The fourth-order valence-corrected chi connectivity index (χ4v) is 1.56. The second-order valence-corrected chi connectivity index (χ2v) is 5.26. The molecule has 0 aliphatic heterocycles. The Morgan fingerprint density at radius 3 is 2.43 bits per heavy atom. The lowest BCUT2D eigenvalue weighted by molar-refractivity contribution is 0.0598. The molecule has 0 fully saturated rings. The predicted molar refractivity (Wildman–Crippen MR) is 78.8 cm³/mol. The fraction of sp³-hybridized carbons (Fsp3) is 0.467. The first-order valence-corrected chi connectivity index (χ1v) is 6.62. The van der Waals surface area contributed by atoms with Crippen molar-refractivity contribution < 1.29 is 23.8 Å². The fourth-order valence-electron chi connectivity index (χ4n) is 1.56. The molecule has 0 radical (unpaired) electrons. The predicted octanol–water partition coefficient (Wildman–Crippen LogP) is 3.22. The molecule has 116 valence electrons. The first-order chi connectivity index (χ1) is 9.76. The van der Waals surface area contributed by atoms with Gasteiger partial charge in [-0.15, -0.1) is 0 Å². The van der Waals surface area contributed by atoms with Gasteiger partial charge in [0.25, 0.3) is 0 Å². The van der Waals surface area contributed by atoms with E-state index in [0.29, 0.717) is 23.6 Å². The third-order valence-corrected chi connectivity index (χ3v) is 2.34. The number of rotatable bonds is 4. The van der Waals surface area contributed by atoms with E-state index >= 15 is 0 Å². The molecule has 0 bridgehead atoms. The first-order valence-electron chi connectivity index (χ1n) is 6.62. The number of esters is 1.